The topological polar surface area (TPSA) is 57.7 Å². The molecule has 0 N–H and O–H groups in total. The van der Waals surface area contributed by atoms with Crippen LogP contribution in [0.15, 0.2) is 53.4 Å². The molecule has 0 bridgehead atoms. The standard InChI is InChI=1S/C18H14N2O3S/c21-16(19-9-10-24-15-8-4-3-7-14(15)19)11-20-17(22)12-5-1-2-6-13(12)18(20)23/h1-8H,9-11H2. The Hall–Kier alpha value is -2.60. The maximum Gasteiger partial charge on any atom is 0.262 e. The van der Waals surface area contributed by atoms with Crippen LogP contribution in [0.4, 0.5) is 5.69 Å². The smallest absolute Gasteiger partial charge is 0.262 e. The van der Waals surface area contributed by atoms with E-state index in [-0.39, 0.29) is 12.5 Å². The molecular weight excluding hydrogens is 324 g/mol. The molecule has 3 amide bonds. The molecule has 4 rings (SSSR count). The summed E-state index contributed by atoms with van der Waals surface area (Å²) in [5, 5.41) is 0. The van der Waals surface area contributed by atoms with Gasteiger partial charge >= 0.3 is 0 Å². The number of benzene rings is 2. The van der Waals surface area contributed by atoms with Gasteiger partial charge in [-0.2, -0.15) is 0 Å². The molecule has 2 aliphatic rings. The van der Waals surface area contributed by atoms with Crippen LogP contribution in [0.5, 0.6) is 0 Å². The second-order valence-electron chi connectivity index (χ2n) is 5.60. The Morgan fingerprint density at radius 1 is 0.958 bits per heavy atom. The van der Waals surface area contributed by atoms with Gasteiger partial charge in [-0.25, -0.2) is 0 Å². The number of hydrogen-bond acceptors (Lipinski definition) is 4. The molecule has 24 heavy (non-hydrogen) atoms. The normalized spacial score (nSPS) is 16.2. The van der Waals surface area contributed by atoms with E-state index >= 15 is 0 Å². The zero-order valence-corrected chi connectivity index (χ0v) is 13.6. The minimum Gasteiger partial charge on any atom is -0.309 e. The molecule has 0 unspecified atom stereocenters. The predicted molar refractivity (Wildman–Crippen MR) is 91.3 cm³/mol. The lowest BCUT2D eigenvalue weighted by molar-refractivity contribution is -0.118. The van der Waals surface area contributed by atoms with Crippen LogP contribution in [0.2, 0.25) is 0 Å². The second kappa shape index (κ2) is 5.79. The lowest BCUT2D eigenvalue weighted by Gasteiger charge is -2.30. The van der Waals surface area contributed by atoms with Crippen molar-refractivity contribution in [3.8, 4) is 0 Å². The van der Waals surface area contributed by atoms with E-state index in [1.807, 2.05) is 24.3 Å². The Kier molecular flexibility index (Phi) is 3.61. The third-order valence-electron chi connectivity index (χ3n) is 4.20. The molecule has 0 radical (unpaired) electrons. The fourth-order valence-corrected chi connectivity index (χ4v) is 4.03. The van der Waals surface area contributed by atoms with Gasteiger partial charge in [0, 0.05) is 17.2 Å². The van der Waals surface area contributed by atoms with Gasteiger partial charge in [-0.3, -0.25) is 19.3 Å². The van der Waals surface area contributed by atoms with Crippen molar-refractivity contribution in [2.24, 2.45) is 0 Å². The summed E-state index contributed by atoms with van der Waals surface area (Å²) in [7, 11) is 0. The number of anilines is 1. The van der Waals surface area contributed by atoms with Crippen LogP contribution < -0.4 is 4.90 Å². The lowest BCUT2D eigenvalue weighted by atomic mass is 10.1. The fraction of sp³-hybridized carbons (Fsp3) is 0.167. The van der Waals surface area contributed by atoms with Crippen LogP contribution in [0, 0.1) is 0 Å². The molecule has 5 nitrogen and oxygen atoms in total. The van der Waals surface area contributed by atoms with Crippen LogP contribution in [-0.4, -0.2) is 41.5 Å². The molecule has 2 aromatic carbocycles. The van der Waals surface area contributed by atoms with Crippen molar-refractivity contribution in [1.82, 2.24) is 4.90 Å². The summed E-state index contributed by atoms with van der Waals surface area (Å²) in [6.07, 6.45) is 0. The monoisotopic (exact) mass is 338 g/mol. The van der Waals surface area contributed by atoms with Crippen molar-refractivity contribution >= 4 is 35.2 Å². The highest BCUT2D eigenvalue weighted by Gasteiger charge is 2.37. The van der Waals surface area contributed by atoms with E-state index in [0.29, 0.717) is 17.7 Å². The quantitative estimate of drug-likeness (QED) is 0.789. The SMILES string of the molecule is O=C1c2ccccc2C(=O)N1CC(=O)N1CCSc2ccccc21. The average Bonchev–Trinajstić information content (AvgIpc) is 2.86. The minimum absolute atomic E-state index is 0.231. The molecule has 0 aliphatic carbocycles. The first-order valence-corrected chi connectivity index (χ1v) is 8.63. The number of imide groups is 1. The molecule has 2 aromatic rings. The van der Waals surface area contributed by atoms with Gasteiger partial charge < -0.3 is 4.90 Å². The number of carbonyl (C=O) groups is 3. The van der Waals surface area contributed by atoms with Crippen molar-refractivity contribution in [3.63, 3.8) is 0 Å². The first-order valence-electron chi connectivity index (χ1n) is 7.64. The number of nitrogens with zero attached hydrogens (tertiary/aromatic N) is 2. The van der Waals surface area contributed by atoms with Crippen LogP contribution in [0.3, 0.4) is 0 Å². The third-order valence-corrected chi connectivity index (χ3v) is 5.24. The molecule has 0 saturated heterocycles. The van der Waals surface area contributed by atoms with Crippen LogP contribution >= 0.6 is 11.8 Å². The van der Waals surface area contributed by atoms with Crippen molar-refractivity contribution in [2.75, 3.05) is 23.7 Å². The highest BCUT2D eigenvalue weighted by molar-refractivity contribution is 7.99. The van der Waals surface area contributed by atoms with E-state index in [0.717, 1.165) is 21.2 Å². The lowest BCUT2D eigenvalue weighted by Crippen LogP contribution is -2.44. The summed E-state index contributed by atoms with van der Waals surface area (Å²) in [5.74, 6) is -0.241. The summed E-state index contributed by atoms with van der Waals surface area (Å²) in [6.45, 7) is 0.342. The van der Waals surface area contributed by atoms with Crippen molar-refractivity contribution < 1.29 is 14.4 Å². The zero-order valence-electron chi connectivity index (χ0n) is 12.8. The van der Waals surface area contributed by atoms with Gasteiger partial charge in [-0.1, -0.05) is 24.3 Å². The second-order valence-corrected chi connectivity index (χ2v) is 6.74. The van der Waals surface area contributed by atoms with Gasteiger partial charge in [0.15, 0.2) is 0 Å². The van der Waals surface area contributed by atoms with E-state index in [4.69, 9.17) is 0 Å². The molecule has 120 valence electrons. The molecule has 0 atom stereocenters. The summed E-state index contributed by atoms with van der Waals surface area (Å²) >= 11 is 1.70. The van der Waals surface area contributed by atoms with Crippen LogP contribution in [-0.2, 0) is 4.79 Å². The van der Waals surface area contributed by atoms with Crippen molar-refractivity contribution in [3.05, 3.63) is 59.7 Å². The molecule has 2 aliphatic heterocycles. The zero-order chi connectivity index (χ0) is 16.7. The molecule has 0 saturated carbocycles. The Balaban J connectivity index is 1.58. The number of thioether (sulfide) groups is 1. The first-order chi connectivity index (χ1) is 11.7. The minimum atomic E-state index is -0.399. The van der Waals surface area contributed by atoms with Gasteiger partial charge in [0.1, 0.15) is 6.54 Å². The van der Waals surface area contributed by atoms with Crippen molar-refractivity contribution in [2.45, 2.75) is 4.90 Å². The third kappa shape index (κ3) is 2.30. The summed E-state index contributed by atoms with van der Waals surface area (Å²) in [6, 6.07) is 14.3. The van der Waals surface area contributed by atoms with Crippen molar-refractivity contribution in [1.29, 1.82) is 0 Å². The summed E-state index contributed by atoms with van der Waals surface area (Å²) in [4.78, 5) is 41.3. The number of fused-ring (bicyclic) bond motifs is 2. The first kappa shape index (κ1) is 15.0. The van der Waals surface area contributed by atoms with E-state index in [1.165, 1.54) is 0 Å². The number of hydrogen-bond donors (Lipinski definition) is 0. The van der Waals surface area contributed by atoms with Gasteiger partial charge in [0.2, 0.25) is 5.91 Å². The van der Waals surface area contributed by atoms with E-state index < -0.39 is 11.8 Å². The van der Waals surface area contributed by atoms with E-state index in [2.05, 4.69) is 0 Å². The Morgan fingerprint density at radius 3 is 2.29 bits per heavy atom. The van der Waals surface area contributed by atoms with Gasteiger partial charge in [-0.15, -0.1) is 11.8 Å². The highest BCUT2D eigenvalue weighted by Crippen LogP contribution is 2.34. The Bertz CT molecular complexity index is 830. The maximum atomic E-state index is 12.7. The molecular formula is C18H14N2O3S. The van der Waals surface area contributed by atoms with Gasteiger partial charge in [0.05, 0.1) is 16.8 Å². The van der Waals surface area contributed by atoms with E-state index in [9.17, 15) is 14.4 Å². The predicted octanol–water partition coefficient (Wildman–Crippen LogP) is 2.42. The largest absolute Gasteiger partial charge is 0.309 e. The molecule has 6 heteroatoms. The fourth-order valence-electron chi connectivity index (χ4n) is 3.03. The average molecular weight is 338 g/mol. The van der Waals surface area contributed by atoms with Gasteiger partial charge in [-0.05, 0) is 24.3 Å². The summed E-state index contributed by atoms with van der Waals surface area (Å²) < 4.78 is 0. The van der Waals surface area contributed by atoms with Crippen LogP contribution in [0.1, 0.15) is 20.7 Å². The number of rotatable bonds is 2. The summed E-state index contributed by atoms with van der Waals surface area (Å²) in [5.41, 5.74) is 1.57. The highest BCUT2D eigenvalue weighted by atomic mass is 32.2. The number of carbonyl (C=O) groups excluding carboxylic acids is 3. The maximum absolute atomic E-state index is 12.7. The Labute approximate surface area is 143 Å². The van der Waals surface area contributed by atoms with E-state index in [1.54, 1.807) is 40.9 Å². The van der Waals surface area contributed by atoms with Crippen LogP contribution in [0.25, 0.3) is 0 Å². The molecule has 0 aromatic heterocycles. The molecule has 0 fully saturated rings. The molecule has 2 heterocycles. The Morgan fingerprint density at radius 2 is 1.58 bits per heavy atom. The van der Waals surface area contributed by atoms with Gasteiger partial charge in [0.25, 0.3) is 11.8 Å². The number of para-hydroxylation sites is 1. The molecule has 0 spiro atoms. The number of amides is 3.